The molecular formula is C37H49N3O3. The number of hydrogen-bond donors (Lipinski definition) is 0. The van der Waals surface area contributed by atoms with Crippen LogP contribution in [0.1, 0.15) is 102 Å². The molecule has 2 aliphatic carbocycles. The summed E-state index contributed by atoms with van der Waals surface area (Å²) in [6, 6.07) is 7.80. The summed E-state index contributed by atoms with van der Waals surface area (Å²) in [5.41, 5.74) is 4.94. The van der Waals surface area contributed by atoms with E-state index in [-0.39, 0.29) is 17.7 Å². The third kappa shape index (κ3) is 8.21. The summed E-state index contributed by atoms with van der Waals surface area (Å²) < 4.78 is 5.27. The number of esters is 1. The van der Waals surface area contributed by atoms with Crippen molar-refractivity contribution in [1.29, 1.82) is 0 Å². The summed E-state index contributed by atoms with van der Waals surface area (Å²) in [6.07, 6.45) is 19.9. The van der Waals surface area contributed by atoms with Crippen LogP contribution in [0.3, 0.4) is 0 Å². The minimum absolute atomic E-state index is 0.0278. The van der Waals surface area contributed by atoms with Crippen molar-refractivity contribution in [2.45, 2.75) is 91.4 Å². The number of hydrogen-bond acceptors (Lipinski definition) is 5. The molecule has 1 saturated carbocycles. The van der Waals surface area contributed by atoms with Gasteiger partial charge < -0.3 is 9.64 Å². The SMILES string of the molecule is CCOC(=O)C1CCN(C2=CC=CC=C3CCCC(=Nc4ccc(C(=O)CC(C)C5CCCC(C)CC5)cc4)N=C32)CC1. The molecule has 0 aromatic heterocycles. The minimum Gasteiger partial charge on any atom is -0.466 e. The van der Waals surface area contributed by atoms with E-state index in [2.05, 4.69) is 43.1 Å². The van der Waals surface area contributed by atoms with Crippen LogP contribution in [-0.4, -0.2) is 47.9 Å². The number of likely N-dealkylation sites (tertiary alicyclic amines) is 1. The van der Waals surface area contributed by atoms with Crippen LogP contribution >= 0.6 is 0 Å². The van der Waals surface area contributed by atoms with Crippen LogP contribution < -0.4 is 0 Å². The topological polar surface area (TPSA) is 71.3 Å². The number of fused-ring (bicyclic) bond motifs is 1. The van der Waals surface area contributed by atoms with E-state index in [1.165, 1.54) is 37.7 Å². The van der Waals surface area contributed by atoms with Crippen molar-refractivity contribution in [3.05, 3.63) is 65.4 Å². The fourth-order valence-electron chi connectivity index (χ4n) is 7.08. The summed E-state index contributed by atoms with van der Waals surface area (Å²) in [5, 5.41) is 0. The largest absolute Gasteiger partial charge is 0.466 e. The van der Waals surface area contributed by atoms with E-state index >= 15 is 0 Å². The fraction of sp³-hybridized carbons (Fsp3) is 0.568. The second-order valence-electron chi connectivity index (χ2n) is 13.0. The molecule has 2 aliphatic heterocycles. The van der Waals surface area contributed by atoms with Crippen molar-refractivity contribution >= 4 is 29.0 Å². The number of aliphatic imine (C=N–C) groups is 2. The van der Waals surface area contributed by atoms with Crippen LogP contribution in [0.25, 0.3) is 0 Å². The second kappa shape index (κ2) is 14.9. The first-order valence-corrected chi connectivity index (χ1v) is 16.7. The van der Waals surface area contributed by atoms with Crippen LogP contribution in [-0.2, 0) is 9.53 Å². The molecule has 5 rings (SSSR count). The number of ketones is 1. The molecule has 4 aliphatic rings. The summed E-state index contributed by atoms with van der Waals surface area (Å²) >= 11 is 0. The highest BCUT2D eigenvalue weighted by molar-refractivity contribution is 6.17. The average Bonchev–Trinajstić information content (AvgIpc) is 3.44. The Balaban J connectivity index is 1.26. The standard InChI is InChI=1S/C37H49N3O3/c1-4-43-37(42)31-21-23-40(24-22-31)33-13-6-5-10-30-12-8-14-35(39-36(30)33)38-32-19-17-29(18-20-32)34(41)25-27(3)28-11-7-9-26(2)15-16-28/h5-6,10,13,17-20,26-28,31H,4,7-9,11-12,14-16,21-25H2,1-3H3. The Morgan fingerprint density at radius 3 is 2.51 bits per heavy atom. The average molecular weight is 584 g/mol. The summed E-state index contributed by atoms with van der Waals surface area (Å²) in [4.78, 5) is 37.9. The van der Waals surface area contributed by atoms with Crippen molar-refractivity contribution in [3.63, 3.8) is 0 Å². The summed E-state index contributed by atoms with van der Waals surface area (Å²) in [7, 11) is 0. The lowest BCUT2D eigenvalue weighted by atomic mass is 9.83. The zero-order valence-corrected chi connectivity index (χ0v) is 26.4. The molecule has 230 valence electrons. The number of piperidine rings is 1. The molecule has 0 radical (unpaired) electrons. The van der Waals surface area contributed by atoms with Crippen molar-refractivity contribution in [2.75, 3.05) is 19.7 Å². The van der Waals surface area contributed by atoms with E-state index in [9.17, 15) is 9.59 Å². The zero-order chi connectivity index (χ0) is 30.2. The van der Waals surface area contributed by atoms with Gasteiger partial charge in [-0.15, -0.1) is 0 Å². The van der Waals surface area contributed by atoms with Gasteiger partial charge in [0.2, 0.25) is 0 Å². The molecule has 6 heteroatoms. The van der Waals surface area contributed by atoms with Gasteiger partial charge in [-0.25, -0.2) is 9.98 Å². The maximum Gasteiger partial charge on any atom is 0.309 e. The number of allylic oxidation sites excluding steroid dienone is 5. The van der Waals surface area contributed by atoms with Crippen LogP contribution in [0.5, 0.6) is 0 Å². The number of Topliss-reactive ketones (excluding diaryl/α,β-unsaturated/α-hetero) is 1. The fourth-order valence-corrected chi connectivity index (χ4v) is 7.08. The van der Waals surface area contributed by atoms with Crippen molar-refractivity contribution in [1.82, 2.24) is 4.90 Å². The molecule has 0 bridgehead atoms. The van der Waals surface area contributed by atoms with Crippen molar-refractivity contribution < 1.29 is 14.3 Å². The maximum atomic E-state index is 13.2. The molecule has 6 nitrogen and oxygen atoms in total. The number of ether oxygens (including phenoxy) is 1. The van der Waals surface area contributed by atoms with E-state index in [0.717, 1.165) is 79.6 Å². The van der Waals surface area contributed by atoms with Crippen molar-refractivity contribution in [3.8, 4) is 0 Å². The van der Waals surface area contributed by atoms with Gasteiger partial charge in [-0.05, 0) is 92.7 Å². The highest BCUT2D eigenvalue weighted by Gasteiger charge is 2.30. The highest BCUT2D eigenvalue weighted by Crippen LogP contribution is 2.34. The molecule has 0 N–H and O–H groups in total. The smallest absolute Gasteiger partial charge is 0.309 e. The Kier molecular flexibility index (Phi) is 10.8. The van der Waals surface area contributed by atoms with Gasteiger partial charge in [0.1, 0.15) is 5.84 Å². The second-order valence-corrected chi connectivity index (χ2v) is 13.0. The Morgan fingerprint density at radius 1 is 0.977 bits per heavy atom. The lowest BCUT2D eigenvalue weighted by Gasteiger charge is -2.34. The number of nitrogens with zero attached hydrogens (tertiary/aromatic N) is 3. The lowest BCUT2D eigenvalue weighted by molar-refractivity contribution is -0.149. The number of benzene rings is 1. The van der Waals surface area contributed by atoms with Crippen LogP contribution in [0.4, 0.5) is 5.69 Å². The number of rotatable bonds is 8. The molecular weight excluding hydrogens is 534 g/mol. The molecule has 3 unspecified atom stereocenters. The number of carbonyl (C=O) groups is 2. The molecule has 2 heterocycles. The van der Waals surface area contributed by atoms with Gasteiger partial charge in [0.25, 0.3) is 0 Å². The van der Waals surface area contributed by atoms with E-state index in [0.29, 0.717) is 24.9 Å². The third-order valence-corrected chi connectivity index (χ3v) is 9.81. The predicted octanol–water partition coefficient (Wildman–Crippen LogP) is 8.42. The molecule has 0 spiro atoms. The van der Waals surface area contributed by atoms with Crippen LogP contribution in [0, 0.1) is 23.7 Å². The third-order valence-electron chi connectivity index (χ3n) is 9.81. The number of carbonyl (C=O) groups excluding carboxylic acids is 2. The van der Waals surface area contributed by atoms with Gasteiger partial charge in [0.15, 0.2) is 5.78 Å². The van der Waals surface area contributed by atoms with Gasteiger partial charge in [-0.3, -0.25) is 9.59 Å². The normalized spacial score (nSPS) is 25.0. The van der Waals surface area contributed by atoms with Gasteiger partial charge in [-0.2, -0.15) is 0 Å². The first-order chi connectivity index (χ1) is 20.9. The maximum absolute atomic E-state index is 13.2. The van der Waals surface area contributed by atoms with Gasteiger partial charge in [0.05, 0.1) is 29.6 Å². The van der Waals surface area contributed by atoms with Gasteiger partial charge >= 0.3 is 5.97 Å². The van der Waals surface area contributed by atoms with Crippen LogP contribution in [0.2, 0.25) is 0 Å². The van der Waals surface area contributed by atoms with E-state index < -0.39 is 0 Å². The molecule has 3 atom stereocenters. The Labute approximate surface area is 258 Å². The molecule has 2 fully saturated rings. The first-order valence-electron chi connectivity index (χ1n) is 16.7. The molecule has 1 aromatic carbocycles. The van der Waals surface area contributed by atoms with E-state index in [4.69, 9.17) is 14.7 Å². The minimum atomic E-state index is -0.0739. The monoisotopic (exact) mass is 583 g/mol. The highest BCUT2D eigenvalue weighted by atomic mass is 16.5. The summed E-state index contributed by atoms with van der Waals surface area (Å²) in [5.74, 6) is 2.86. The molecule has 0 amide bonds. The van der Waals surface area contributed by atoms with Crippen molar-refractivity contribution in [2.24, 2.45) is 33.7 Å². The first kappa shape index (κ1) is 31.2. The van der Waals surface area contributed by atoms with Crippen LogP contribution in [0.15, 0.2) is 69.8 Å². The molecule has 1 saturated heterocycles. The Bertz CT molecular complexity index is 1290. The summed E-state index contributed by atoms with van der Waals surface area (Å²) in [6.45, 7) is 8.52. The zero-order valence-electron chi connectivity index (χ0n) is 26.4. The predicted molar refractivity (Wildman–Crippen MR) is 175 cm³/mol. The molecule has 1 aromatic rings. The van der Waals surface area contributed by atoms with Gasteiger partial charge in [0, 0.05) is 31.5 Å². The van der Waals surface area contributed by atoms with E-state index in [1.54, 1.807) is 0 Å². The van der Waals surface area contributed by atoms with E-state index in [1.807, 2.05) is 31.2 Å². The Hall–Kier alpha value is -3.28. The lowest BCUT2D eigenvalue weighted by Crippen LogP contribution is -2.38. The Morgan fingerprint density at radius 2 is 1.74 bits per heavy atom. The molecule has 43 heavy (non-hydrogen) atoms. The van der Waals surface area contributed by atoms with Gasteiger partial charge in [-0.1, -0.05) is 57.8 Å². The quantitative estimate of drug-likeness (QED) is 0.175. The number of amidine groups is 1.